The van der Waals surface area contributed by atoms with Crippen LogP contribution in [0.1, 0.15) is 0 Å². The fraction of sp³-hybridized carbons (Fsp3) is 0.111. The first-order valence-corrected chi connectivity index (χ1v) is 7.73. The summed E-state index contributed by atoms with van der Waals surface area (Å²) in [5.74, 6) is 1.35. The second-order valence-corrected chi connectivity index (χ2v) is 5.74. The normalized spacial score (nSPS) is 11.1. The maximum atomic E-state index is 6.08. The highest BCUT2D eigenvalue weighted by molar-refractivity contribution is 6.31. The zero-order valence-electron chi connectivity index (χ0n) is 13.2. The fourth-order valence-corrected chi connectivity index (χ4v) is 3.00. The van der Waals surface area contributed by atoms with Crippen LogP contribution < -0.4 is 9.47 Å². The number of pyridine rings is 1. The molecule has 0 aliphatic carbocycles. The Bertz CT molecular complexity index is 1060. The molecule has 120 valence electrons. The van der Waals surface area contributed by atoms with Crippen molar-refractivity contribution < 1.29 is 9.47 Å². The van der Waals surface area contributed by atoms with Gasteiger partial charge in [-0.25, -0.2) is 4.98 Å². The number of ether oxygens (including phenoxy) is 2. The van der Waals surface area contributed by atoms with E-state index in [1.807, 2.05) is 41.0 Å². The summed E-state index contributed by atoms with van der Waals surface area (Å²) in [5, 5.41) is 1.65. The van der Waals surface area contributed by atoms with Crippen molar-refractivity contribution in [1.29, 1.82) is 0 Å². The van der Waals surface area contributed by atoms with E-state index in [0.29, 0.717) is 16.5 Å². The molecule has 0 amide bonds. The fourth-order valence-electron chi connectivity index (χ4n) is 2.84. The average Bonchev–Trinajstić information content (AvgIpc) is 3.05. The molecular formula is C18H14ClN3O2. The Morgan fingerprint density at radius 1 is 0.917 bits per heavy atom. The highest BCUT2D eigenvalue weighted by atomic mass is 35.5. The third-order valence-corrected chi connectivity index (χ3v) is 4.22. The van der Waals surface area contributed by atoms with E-state index in [2.05, 4.69) is 9.97 Å². The largest absolute Gasteiger partial charge is 0.493 e. The van der Waals surface area contributed by atoms with Crippen molar-refractivity contribution in [2.45, 2.75) is 0 Å². The standard InChI is InChI=1S/C18H14ClN3O2/c1-23-16-6-4-12(8-17(16)24-2)22-10-21-15-9-20-14-7-11(19)3-5-13(14)18(15)22/h3-10H,1-2H3. The molecule has 24 heavy (non-hydrogen) atoms. The van der Waals surface area contributed by atoms with Gasteiger partial charge in [0, 0.05) is 16.5 Å². The van der Waals surface area contributed by atoms with Crippen LogP contribution in [0.4, 0.5) is 0 Å². The van der Waals surface area contributed by atoms with Crippen LogP contribution in [0.3, 0.4) is 0 Å². The first-order valence-electron chi connectivity index (χ1n) is 7.35. The highest BCUT2D eigenvalue weighted by Gasteiger charge is 2.12. The van der Waals surface area contributed by atoms with E-state index in [-0.39, 0.29) is 0 Å². The Hall–Kier alpha value is -2.79. The molecule has 2 aromatic carbocycles. The van der Waals surface area contributed by atoms with Gasteiger partial charge in [0.15, 0.2) is 11.5 Å². The third kappa shape index (κ3) is 2.25. The second kappa shape index (κ2) is 5.69. The van der Waals surface area contributed by atoms with E-state index in [9.17, 15) is 0 Å². The molecule has 0 unspecified atom stereocenters. The van der Waals surface area contributed by atoms with Gasteiger partial charge in [0.1, 0.15) is 11.8 Å². The molecular weight excluding hydrogens is 326 g/mol. The number of hydrogen-bond acceptors (Lipinski definition) is 4. The summed E-state index contributed by atoms with van der Waals surface area (Å²) in [6.45, 7) is 0. The Balaban J connectivity index is 2.00. The molecule has 0 atom stereocenters. The molecule has 0 bridgehead atoms. The van der Waals surface area contributed by atoms with Crippen LogP contribution in [0.5, 0.6) is 11.5 Å². The first kappa shape index (κ1) is 14.8. The quantitative estimate of drug-likeness (QED) is 0.560. The zero-order valence-corrected chi connectivity index (χ0v) is 13.9. The third-order valence-electron chi connectivity index (χ3n) is 3.98. The molecule has 6 heteroatoms. The number of rotatable bonds is 3. The molecule has 0 spiro atoms. The lowest BCUT2D eigenvalue weighted by Crippen LogP contribution is -1.96. The zero-order chi connectivity index (χ0) is 16.7. The van der Waals surface area contributed by atoms with Gasteiger partial charge in [-0.05, 0) is 30.3 Å². The van der Waals surface area contributed by atoms with Crippen LogP contribution in [0.25, 0.3) is 27.6 Å². The van der Waals surface area contributed by atoms with E-state index < -0.39 is 0 Å². The van der Waals surface area contributed by atoms with Gasteiger partial charge in [-0.3, -0.25) is 9.55 Å². The molecule has 0 saturated carbocycles. The van der Waals surface area contributed by atoms with Crippen molar-refractivity contribution >= 4 is 33.5 Å². The van der Waals surface area contributed by atoms with Gasteiger partial charge in [0.2, 0.25) is 0 Å². The lowest BCUT2D eigenvalue weighted by atomic mass is 10.2. The van der Waals surface area contributed by atoms with Crippen molar-refractivity contribution in [3.8, 4) is 17.2 Å². The van der Waals surface area contributed by atoms with Gasteiger partial charge in [-0.2, -0.15) is 0 Å². The Labute approximate surface area is 143 Å². The Morgan fingerprint density at radius 3 is 2.54 bits per heavy atom. The van der Waals surface area contributed by atoms with E-state index in [4.69, 9.17) is 21.1 Å². The smallest absolute Gasteiger partial charge is 0.162 e. The number of imidazole rings is 1. The van der Waals surface area contributed by atoms with Crippen LogP contribution in [-0.2, 0) is 0 Å². The Kier molecular flexibility index (Phi) is 3.50. The van der Waals surface area contributed by atoms with Gasteiger partial charge < -0.3 is 9.47 Å². The number of hydrogen-bond donors (Lipinski definition) is 0. The second-order valence-electron chi connectivity index (χ2n) is 5.31. The maximum Gasteiger partial charge on any atom is 0.162 e. The first-order chi connectivity index (χ1) is 11.7. The monoisotopic (exact) mass is 339 g/mol. The molecule has 4 rings (SSSR count). The summed E-state index contributed by atoms with van der Waals surface area (Å²) < 4.78 is 12.7. The van der Waals surface area contributed by atoms with Gasteiger partial charge in [0.25, 0.3) is 0 Å². The predicted molar refractivity (Wildman–Crippen MR) is 94.5 cm³/mol. The molecule has 5 nitrogen and oxygen atoms in total. The summed E-state index contributed by atoms with van der Waals surface area (Å²) in [6, 6.07) is 11.4. The molecule has 0 N–H and O–H groups in total. The SMILES string of the molecule is COc1ccc(-n2cnc3cnc4cc(Cl)ccc4c32)cc1OC. The topological polar surface area (TPSA) is 49.2 Å². The minimum Gasteiger partial charge on any atom is -0.493 e. The number of fused-ring (bicyclic) bond motifs is 3. The van der Waals surface area contributed by atoms with Gasteiger partial charge in [-0.1, -0.05) is 11.6 Å². The summed E-state index contributed by atoms with van der Waals surface area (Å²) in [4.78, 5) is 8.89. The van der Waals surface area contributed by atoms with E-state index in [0.717, 1.165) is 27.6 Å². The number of halogens is 1. The van der Waals surface area contributed by atoms with E-state index in [1.54, 1.807) is 26.7 Å². The van der Waals surface area contributed by atoms with E-state index >= 15 is 0 Å². The lowest BCUT2D eigenvalue weighted by Gasteiger charge is -2.11. The molecule has 2 heterocycles. The lowest BCUT2D eigenvalue weighted by molar-refractivity contribution is 0.355. The van der Waals surface area contributed by atoms with Crippen molar-refractivity contribution in [3.63, 3.8) is 0 Å². The molecule has 0 aliphatic rings. The number of methoxy groups -OCH3 is 2. The summed E-state index contributed by atoms with van der Waals surface area (Å²) in [5.41, 5.74) is 3.55. The van der Waals surface area contributed by atoms with Crippen LogP contribution in [0.2, 0.25) is 5.02 Å². The van der Waals surface area contributed by atoms with Gasteiger partial charge in [-0.15, -0.1) is 0 Å². The van der Waals surface area contributed by atoms with Crippen molar-refractivity contribution in [1.82, 2.24) is 14.5 Å². The summed E-state index contributed by atoms with van der Waals surface area (Å²) in [6.07, 6.45) is 3.53. The van der Waals surface area contributed by atoms with Crippen molar-refractivity contribution in [2.75, 3.05) is 14.2 Å². The average molecular weight is 340 g/mol. The van der Waals surface area contributed by atoms with Crippen LogP contribution in [-0.4, -0.2) is 28.8 Å². The highest BCUT2D eigenvalue weighted by Crippen LogP contribution is 2.32. The van der Waals surface area contributed by atoms with Crippen LogP contribution >= 0.6 is 11.6 Å². The Morgan fingerprint density at radius 2 is 1.75 bits per heavy atom. The molecule has 0 fully saturated rings. The summed E-state index contributed by atoms with van der Waals surface area (Å²) >= 11 is 6.08. The molecule has 0 radical (unpaired) electrons. The minimum atomic E-state index is 0.659. The number of nitrogens with zero attached hydrogens (tertiary/aromatic N) is 3. The van der Waals surface area contributed by atoms with E-state index in [1.165, 1.54) is 0 Å². The van der Waals surface area contributed by atoms with Crippen molar-refractivity contribution in [2.24, 2.45) is 0 Å². The molecule has 2 aromatic heterocycles. The van der Waals surface area contributed by atoms with Crippen LogP contribution in [0, 0.1) is 0 Å². The molecule has 0 saturated heterocycles. The van der Waals surface area contributed by atoms with Gasteiger partial charge in [0.05, 0.1) is 37.1 Å². The molecule has 0 aliphatic heterocycles. The van der Waals surface area contributed by atoms with Crippen LogP contribution in [0.15, 0.2) is 48.9 Å². The van der Waals surface area contributed by atoms with Gasteiger partial charge >= 0.3 is 0 Å². The predicted octanol–water partition coefficient (Wildman–Crippen LogP) is 4.24. The maximum absolute atomic E-state index is 6.08. The minimum absolute atomic E-state index is 0.659. The molecule has 4 aromatic rings. The number of aromatic nitrogens is 3. The summed E-state index contributed by atoms with van der Waals surface area (Å²) in [7, 11) is 3.24. The number of benzene rings is 2. The van der Waals surface area contributed by atoms with Crippen molar-refractivity contribution in [3.05, 3.63) is 53.9 Å².